The Morgan fingerprint density at radius 3 is 2.23 bits per heavy atom. The summed E-state index contributed by atoms with van der Waals surface area (Å²) in [4.78, 5) is -0.342. The monoisotopic (exact) mass is 232 g/mol. The Kier molecular flexibility index (Phi) is 4.71. The Balaban J connectivity index is 0.00000144. The van der Waals surface area contributed by atoms with E-state index in [0.717, 1.165) is 18.2 Å². The summed E-state index contributed by atoms with van der Waals surface area (Å²) in [5, 5.41) is 8.78. The van der Waals surface area contributed by atoms with Crippen LogP contribution in [0.5, 0.6) is 5.75 Å². The Hall–Kier alpha value is 0.220. The molecule has 0 aromatic heterocycles. The van der Waals surface area contributed by atoms with Crippen LogP contribution in [0.1, 0.15) is 0 Å². The number of aromatic hydroxyl groups is 1. The van der Waals surface area contributed by atoms with Crippen molar-refractivity contribution in [3.8, 4) is 5.75 Å². The van der Waals surface area contributed by atoms with Gasteiger partial charge < -0.3 is 5.11 Å². The zero-order valence-corrected chi connectivity index (χ0v) is 7.30. The quantitative estimate of drug-likeness (QED) is 0.551. The topological polar surface area (TPSA) is 74.6 Å². The van der Waals surface area contributed by atoms with Gasteiger partial charge in [-0.15, -0.1) is 0 Å². The Morgan fingerprint density at radius 2 is 1.85 bits per heavy atom. The average molecular weight is 233 g/mol. The van der Waals surface area contributed by atoms with Crippen LogP contribution in [0.25, 0.3) is 0 Å². The van der Waals surface area contributed by atoms with Crippen molar-refractivity contribution < 1.29 is 18.1 Å². The molecule has 0 amide bonds. The zero-order chi connectivity index (χ0) is 9.35. The molecular weight excluding hydrogens is 227 g/mol. The number of phenols is 1. The molecule has 0 radical (unpaired) electrons. The van der Waals surface area contributed by atoms with Crippen LogP contribution in [0.2, 0.25) is 5.02 Å². The van der Waals surface area contributed by atoms with Crippen LogP contribution in [-0.4, -0.2) is 47.6 Å². The maximum absolute atomic E-state index is 10.5. The second-order valence-corrected chi connectivity index (χ2v) is 3.92. The minimum absolute atomic E-state index is 0. The summed E-state index contributed by atoms with van der Waals surface area (Å²) in [7, 11) is -4.24. The summed E-state index contributed by atoms with van der Waals surface area (Å²) in [5.41, 5.74) is 0. The molecule has 0 aliphatic rings. The number of benzene rings is 1. The zero-order valence-electron chi connectivity index (χ0n) is 5.73. The number of hydrogen-bond donors (Lipinski definition) is 2. The fourth-order valence-corrected chi connectivity index (χ4v) is 1.40. The van der Waals surface area contributed by atoms with Crippen molar-refractivity contribution in [3.05, 3.63) is 23.2 Å². The minimum atomic E-state index is -4.24. The molecule has 0 heterocycles. The van der Waals surface area contributed by atoms with Crippen molar-refractivity contribution >= 4 is 51.3 Å². The van der Waals surface area contributed by atoms with E-state index in [-0.39, 0.29) is 45.2 Å². The van der Waals surface area contributed by atoms with E-state index < -0.39 is 10.1 Å². The van der Waals surface area contributed by atoms with Crippen molar-refractivity contribution in [1.29, 1.82) is 0 Å². The van der Waals surface area contributed by atoms with Gasteiger partial charge in [-0.25, -0.2) is 0 Å². The van der Waals surface area contributed by atoms with Gasteiger partial charge in [0, 0.05) is 0 Å². The Bertz CT molecular complexity index is 403. The molecule has 13 heavy (non-hydrogen) atoms. The van der Waals surface area contributed by atoms with E-state index in [0.29, 0.717) is 0 Å². The number of halogens is 1. The van der Waals surface area contributed by atoms with E-state index in [2.05, 4.69) is 0 Å². The fraction of sp³-hybridized carbons (Fsp3) is 0. The van der Waals surface area contributed by atoms with Gasteiger partial charge in [-0.2, -0.15) is 8.42 Å². The van der Waals surface area contributed by atoms with E-state index in [4.69, 9.17) is 21.3 Å². The van der Waals surface area contributed by atoms with Gasteiger partial charge in [-0.3, -0.25) is 4.55 Å². The first kappa shape index (κ1) is 13.2. The molecule has 0 aliphatic heterocycles. The molecule has 7 heteroatoms. The van der Waals surface area contributed by atoms with Crippen LogP contribution in [0.3, 0.4) is 0 Å². The van der Waals surface area contributed by atoms with Gasteiger partial charge in [0.2, 0.25) is 0 Å². The molecule has 0 bridgehead atoms. The molecule has 4 nitrogen and oxygen atoms in total. The summed E-state index contributed by atoms with van der Waals surface area (Å²) in [6.45, 7) is 0. The van der Waals surface area contributed by atoms with E-state index in [9.17, 15) is 8.42 Å². The molecule has 0 fully saturated rings. The summed E-state index contributed by atoms with van der Waals surface area (Å²) in [6, 6.07) is 3.11. The van der Waals surface area contributed by atoms with Crippen molar-refractivity contribution in [2.24, 2.45) is 0 Å². The number of phenolic OH excluding ortho intramolecular Hbond substituents is 1. The van der Waals surface area contributed by atoms with E-state index in [1.165, 1.54) is 0 Å². The van der Waals surface area contributed by atoms with Crippen LogP contribution in [0.15, 0.2) is 23.1 Å². The van der Waals surface area contributed by atoms with Crippen LogP contribution in [0.4, 0.5) is 0 Å². The van der Waals surface area contributed by atoms with Crippen molar-refractivity contribution in [2.45, 2.75) is 4.90 Å². The van der Waals surface area contributed by atoms with Crippen molar-refractivity contribution in [2.75, 3.05) is 0 Å². The van der Waals surface area contributed by atoms with Crippen LogP contribution < -0.4 is 0 Å². The van der Waals surface area contributed by atoms with Gasteiger partial charge in [0.1, 0.15) is 5.75 Å². The van der Waals surface area contributed by atoms with Gasteiger partial charge in [-0.1, -0.05) is 11.6 Å². The van der Waals surface area contributed by atoms with Crippen LogP contribution in [-0.2, 0) is 10.1 Å². The molecule has 68 valence electrons. The molecule has 0 saturated carbocycles. The van der Waals surface area contributed by atoms with Gasteiger partial charge in [-0.05, 0) is 18.2 Å². The SMILES string of the molecule is O=S(=O)(O)c1ccc(O)c(Cl)c1.[NaH]. The maximum atomic E-state index is 10.5. The predicted molar refractivity (Wildman–Crippen MR) is 50.1 cm³/mol. The molecule has 2 N–H and O–H groups in total. The predicted octanol–water partition coefficient (Wildman–Crippen LogP) is 0.644. The third kappa shape index (κ3) is 3.46. The van der Waals surface area contributed by atoms with Crippen molar-refractivity contribution in [3.63, 3.8) is 0 Å². The third-order valence-electron chi connectivity index (χ3n) is 1.22. The second kappa shape index (κ2) is 4.63. The summed E-state index contributed by atoms with van der Waals surface area (Å²) < 4.78 is 29.6. The first-order valence-electron chi connectivity index (χ1n) is 2.87. The molecule has 0 spiro atoms. The molecule has 0 saturated heterocycles. The summed E-state index contributed by atoms with van der Waals surface area (Å²) in [6.07, 6.45) is 0. The third-order valence-corrected chi connectivity index (χ3v) is 2.37. The van der Waals surface area contributed by atoms with Gasteiger partial charge in [0.25, 0.3) is 10.1 Å². The van der Waals surface area contributed by atoms with Gasteiger partial charge in [0.05, 0.1) is 9.92 Å². The van der Waals surface area contributed by atoms with Gasteiger partial charge in [0.15, 0.2) is 0 Å². The van der Waals surface area contributed by atoms with Crippen molar-refractivity contribution in [1.82, 2.24) is 0 Å². The standard InChI is InChI=1S/C6H5ClO4S.Na.H/c7-5-3-4(12(9,10)11)1-2-6(5)8;;/h1-3,8H,(H,9,10,11);;. The first-order chi connectivity index (χ1) is 5.41. The number of hydrogen-bond acceptors (Lipinski definition) is 3. The van der Waals surface area contributed by atoms with E-state index in [1.54, 1.807) is 0 Å². The number of rotatable bonds is 1. The van der Waals surface area contributed by atoms with Gasteiger partial charge >= 0.3 is 29.6 Å². The normalized spacial score (nSPS) is 10.6. The average Bonchev–Trinajstić information content (AvgIpc) is 1.92. The molecular formula is C6H6ClNaO4S. The van der Waals surface area contributed by atoms with Crippen LogP contribution in [0, 0.1) is 0 Å². The Labute approximate surface area is 103 Å². The van der Waals surface area contributed by atoms with Crippen LogP contribution >= 0.6 is 11.6 Å². The fourth-order valence-electron chi connectivity index (χ4n) is 0.648. The second-order valence-electron chi connectivity index (χ2n) is 2.09. The summed E-state index contributed by atoms with van der Waals surface area (Å²) >= 11 is 5.39. The Morgan fingerprint density at radius 1 is 1.31 bits per heavy atom. The molecule has 1 aromatic rings. The molecule has 0 atom stereocenters. The molecule has 0 unspecified atom stereocenters. The van der Waals surface area contributed by atoms with E-state index in [1.807, 2.05) is 0 Å². The molecule has 1 aromatic carbocycles. The molecule has 0 aliphatic carbocycles. The van der Waals surface area contributed by atoms with E-state index >= 15 is 0 Å². The first-order valence-corrected chi connectivity index (χ1v) is 4.69. The summed E-state index contributed by atoms with van der Waals surface area (Å²) in [5.74, 6) is -0.232. The molecule has 1 rings (SSSR count).